The van der Waals surface area contributed by atoms with Crippen LogP contribution in [0, 0.1) is 0 Å². The number of hydrogen-bond acceptors (Lipinski definition) is 5. The van der Waals surface area contributed by atoms with Gasteiger partial charge in [-0.05, 0) is 50.0 Å². The van der Waals surface area contributed by atoms with E-state index in [4.69, 9.17) is 23.2 Å². The van der Waals surface area contributed by atoms with Crippen LogP contribution in [-0.4, -0.2) is 58.9 Å². The van der Waals surface area contributed by atoms with Crippen LogP contribution in [0.25, 0.3) is 5.76 Å². The number of benzene rings is 2. The van der Waals surface area contributed by atoms with Gasteiger partial charge in [-0.25, -0.2) is 0 Å². The minimum Gasteiger partial charge on any atom is -0.507 e. The number of likely N-dealkylation sites (N-methyl/N-ethyl adjacent to an activating group) is 1. The number of ketones is 1. The Morgan fingerprint density at radius 1 is 1.10 bits per heavy atom. The van der Waals surface area contributed by atoms with Gasteiger partial charge >= 0.3 is 0 Å². The molecule has 8 heteroatoms. The molecule has 0 aromatic heterocycles. The van der Waals surface area contributed by atoms with E-state index in [1.807, 2.05) is 19.0 Å². The fourth-order valence-electron chi connectivity index (χ4n) is 3.28. The maximum atomic E-state index is 12.9. The van der Waals surface area contributed by atoms with Crippen molar-refractivity contribution >= 4 is 40.7 Å². The number of likely N-dealkylation sites (tertiary alicyclic amines) is 1. The van der Waals surface area contributed by atoms with Crippen LogP contribution in [0.4, 0.5) is 0 Å². The van der Waals surface area contributed by atoms with Crippen LogP contribution in [0.2, 0.25) is 10.0 Å². The minimum absolute atomic E-state index is 0.0184. The van der Waals surface area contributed by atoms with Crippen LogP contribution in [0.15, 0.2) is 48.0 Å². The normalized spacial score (nSPS) is 18.7. The first-order valence-corrected chi connectivity index (χ1v) is 9.63. The lowest BCUT2D eigenvalue weighted by Crippen LogP contribution is -2.35. The number of phenolic OH excluding ortho intramolecular Hbond substituents is 1. The molecule has 1 aliphatic heterocycles. The third kappa shape index (κ3) is 4.24. The lowest BCUT2D eigenvalue weighted by Gasteiger charge is -2.26. The molecule has 1 heterocycles. The largest absolute Gasteiger partial charge is 0.507 e. The molecule has 2 aromatic rings. The standard InChI is InChI=1S/C21H20Cl2N2O4/c1-24(2)8-9-25-18(12-4-3-5-13(22)10-12)17(20(28)21(25)29)19(27)15-11-14(23)6-7-16(15)26/h3-7,10-11,18,26-27H,8-9H2,1-2H3/t18-/m1/s1. The van der Waals surface area contributed by atoms with Crippen molar-refractivity contribution in [2.24, 2.45) is 0 Å². The van der Waals surface area contributed by atoms with Gasteiger partial charge in [0, 0.05) is 23.1 Å². The first kappa shape index (κ1) is 21.2. The number of carbonyl (C=O) groups is 2. The minimum atomic E-state index is -0.841. The highest BCUT2D eigenvalue weighted by atomic mass is 35.5. The molecule has 2 aromatic carbocycles. The Bertz CT molecular complexity index is 1000. The molecule has 1 saturated heterocycles. The summed E-state index contributed by atoms with van der Waals surface area (Å²) in [6.45, 7) is 0.791. The molecule has 0 spiro atoms. The van der Waals surface area contributed by atoms with E-state index in [2.05, 4.69) is 0 Å². The Balaban J connectivity index is 2.20. The molecular weight excluding hydrogens is 415 g/mol. The second kappa shape index (κ2) is 8.45. The van der Waals surface area contributed by atoms with Crippen LogP contribution in [-0.2, 0) is 9.59 Å². The van der Waals surface area contributed by atoms with Crippen LogP contribution < -0.4 is 0 Å². The Morgan fingerprint density at radius 3 is 2.45 bits per heavy atom. The number of nitrogens with zero attached hydrogens (tertiary/aromatic N) is 2. The number of aromatic hydroxyl groups is 1. The van der Waals surface area contributed by atoms with E-state index in [1.165, 1.54) is 23.1 Å². The average Bonchev–Trinajstić information content (AvgIpc) is 2.92. The van der Waals surface area contributed by atoms with Gasteiger partial charge < -0.3 is 20.0 Å². The first-order valence-electron chi connectivity index (χ1n) is 8.88. The lowest BCUT2D eigenvalue weighted by atomic mass is 9.95. The van der Waals surface area contributed by atoms with Gasteiger partial charge in [-0.2, -0.15) is 0 Å². The molecule has 1 amide bonds. The first-order chi connectivity index (χ1) is 13.7. The Hall–Kier alpha value is -2.54. The van der Waals surface area contributed by atoms with Gasteiger partial charge in [0.2, 0.25) is 0 Å². The molecular formula is C21H20Cl2N2O4. The Morgan fingerprint density at radius 2 is 1.79 bits per heavy atom. The van der Waals surface area contributed by atoms with E-state index in [0.29, 0.717) is 17.1 Å². The summed E-state index contributed by atoms with van der Waals surface area (Å²) in [4.78, 5) is 28.9. The summed E-state index contributed by atoms with van der Waals surface area (Å²) >= 11 is 12.1. The molecule has 2 N–H and O–H groups in total. The van der Waals surface area contributed by atoms with Crippen molar-refractivity contribution < 1.29 is 19.8 Å². The predicted octanol–water partition coefficient (Wildman–Crippen LogP) is 3.68. The lowest BCUT2D eigenvalue weighted by molar-refractivity contribution is -0.140. The molecule has 0 unspecified atom stereocenters. The van der Waals surface area contributed by atoms with Crippen molar-refractivity contribution in [1.29, 1.82) is 0 Å². The molecule has 1 aliphatic rings. The van der Waals surface area contributed by atoms with Crippen molar-refractivity contribution in [2.45, 2.75) is 6.04 Å². The summed E-state index contributed by atoms with van der Waals surface area (Å²) in [6, 6.07) is 10.0. The van der Waals surface area contributed by atoms with Crippen molar-refractivity contribution in [3.63, 3.8) is 0 Å². The molecule has 1 atom stereocenters. The molecule has 0 radical (unpaired) electrons. The van der Waals surface area contributed by atoms with Gasteiger partial charge in [0.15, 0.2) is 0 Å². The zero-order valence-corrected chi connectivity index (χ0v) is 17.4. The quantitative estimate of drug-likeness (QED) is 0.426. The zero-order chi connectivity index (χ0) is 21.3. The second-order valence-electron chi connectivity index (χ2n) is 7.01. The van der Waals surface area contributed by atoms with Gasteiger partial charge in [0.1, 0.15) is 11.5 Å². The molecule has 1 fully saturated rings. The van der Waals surface area contributed by atoms with E-state index in [-0.39, 0.29) is 28.5 Å². The third-order valence-electron chi connectivity index (χ3n) is 4.71. The van der Waals surface area contributed by atoms with Gasteiger partial charge in [0.25, 0.3) is 11.7 Å². The number of Topliss-reactive ketones (excluding diaryl/α,β-unsaturated/α-hetero) is 1. The van der Waals surface area contributed by atoms with E-state index >= 15 is 0 Å². The molecule has 3 rings (SSSR count). The summed E-state index contributed by atoms with van der Waals surface area (Å²) in [5, 5.41) is 21.8. The average molecular weight is 435 g/mol. The molecule has 0 saturated carbocycles. The fraction of sp³-hybridized carbons (Fsp3) is 0.238. The van der Waals surface area contributed by atoms with E-state index in [0.717, 1.165) is 0 Å². The number of rotatable bonds is 5. The van der Waals surface area contributed by atoms with E-state index in [9.17, 15) is 19.8 Å². The predicted molar refractivity (Wildman–Crippen MR) is 112 cm³/mol. The summed E-state index contributed by atoms with van der Waals surface area (Å²) in [5.74, 6) is -2.29. The van der Waals surface area contributed by atoms with Gasteiger partial charge in [-0.3, -0.25) is 9.59 Å². The third-order valence-corrected chi connectivity index (χ3v) is 5.18. The van der Waals surface area contributed by atoms with Gasteiger partial charge in [0.05, 0.1) is 17.2 Å². The van der Waals surface area contributed by atoms with Crippen molar-refractivity contribution in [1.82, 2.24) is 9.80 Å². The summed E-state index contributed by atoms with van der Waals surface area (Å²) in [6.07, 6.45) is 0. The highest BCUT2D eigenvalue weighted by Crippen LogP contribution is 2.41. The highest BCUT2D eigenvalue weighted by molar-refractivity contribution is 6.46. The van der Waals surface area contributed by atoms with Crippen LogP contribution >= 0.6 is 23.2 Å². The topological polar surface area (TPSA) is 81.1 Å². The van der Waals surface area contributed by atoms with Crippen LogP contribution in [0.5, 0.6) is 5.75 Å². The number of hydrogen-bond donors (Lipinski definition) is 2. The number of carbonyl (C=O) groups excluding carboxylic acids is 2. The highest BCUT2D eigenvalue weighted by Gasteiger charge is 2.46. The molecule has 0 aliphatic carbocycles. The zero-order valence-electron chi connectivity index (χ0n) is 15.9. The van der Waals surface area contributed by atoms with Gasteiger partial charge in [-0.15, -0.1) is 0 Å². The molecule has 29 heavy (non-hydrogen) atoms. The van der Waals surface area contributed by atoms with Crippen molar-refractivity contribution in [2.75, 3.05) is 27.2 Å². The summed E-state index contributed by atoms with van der Waals surface area (Å²) in [5.41, 5.74) is 0.447. The number of halogens is 2. The van der Waals surface area contributed by atoms with Crippen molar-refractivity contribution in [3.05, 3.63) is 69.2 Å². The van der Waals surface area contributed by atoms with E-state index in [1.54, 1.807) is 24.3 Å². The fourth-order valence-corrected chi connectivity index (χ4v) is 3.66. The van der Waals surface area contributed by atoms with E-state index < -0.39 is 23.5 Å². The second-order valence-corrected chi connectivity index (χ2v) is 7.89. The van der Waals surface area contributed by atoms with Crippen LogP contribution in [0.3, 0.4) is 0 Å². The maximum absolute atomic E-state index is 12.9. The van der Waals surface area contributed by atoms with Gasteiger partial charge in [-0.1, -0.05) is 35.3 Å². The van der Waals surface area contributed by atoms with Crippen LogP contribution in [0.1, 0.15) is 17.2 Å². The molecule has 152 valence electrons. The number of aliphatic hydroxyl groups excluding tert-OH is 1. The van der Waals surface area contributed by atoms with Crippen molar-refractivity contribution in [3.8, 4) is 5.75 Å². The maximum Gasteiger partial charge on any atom is 0.295 e. The summed E-state index contributed by atoms with van der Waals surface area (Å²) in [7, 11) is 3.71. The smallest absolute Gasteiger partial charge is 0.295 e. The SMILES string of the molecule is CN(C)CCN1C(=O)C(=O)C(=C(O)c2cc(Cl)ccc2O)[C@H]1c1cccc(Cl)c1. The monoisotopic (exact) mass is 434 g/mol. The summed E-state index contributed by atoms with van der Waals surface area (Å²) < 4.78 is 0. The number of amides is 1. The molecule has 0 bridgehead atoms. The number of aliphatic hydroxyl groups is 1. The number of phenols is 1. The molecule has 6 nitrogen and oxygen atoms in total. The Kier molecular flexibility index (Phi) is 6.17. The Labute approximate surface area is 178 Å².